The first-order valence-electron chi connectivity index (χ1n) is 8.04. The van der Waals surface area contributed by atoms with Crippen molar-refractivity contribution < 1.29 is 19.1 Å². The van der Waals surface area contributed by atoms with Gasteiger partial charge in [-0.2, -0.15) is 5.10 Å². The van der Waals surface area contributed by atoms with E-state index in [9.17, 15) is 14.4 Å². The SMILES string of the molecule is Cc1cc(C)n([C@H]2CCN(C(=O)CN3C(=O)OC(C)(C)C3=O)C2)n1. The molecule has 0 aliphatic carbocycles. The molecule has 2 saturated heterocycles. The van der Waals surface area contributed by atoms with E-state index in [1.165, 1.54) is 13.8 Å². The summed E-state index contributed by atoms with van der Waals surface area (Å²) in [7, 11) is 0. The van der Waals surface area contributed by atoms with E-state index < -0.39 is 17.6 Å². The summed E-state index contributed by atoms with van der Waals surface area (Å²) in [6, 6.07) is 2.13. The van der Waals surface area contributed by atoms with Crippen LogP contribution in [0.1, 0.15) is 37.7 Å². The van der Waals surface area contributed by atoms with Gasteiger partial charge in [0, 0.05) is 18.8 Å². The van der Waals surface area contributed by atoms with Gasteiger partial charge in [-0.3, -0.25) is 14.3 Å². The van der Waals surface area contributed by atoms with E-state index in [1.807, 2.05) is 24.6 Å². The molecule has 3 heterocycles. The topological polar surface area (TPSA) is 84.7 Å². The van der Waals surface area contributed by atoms with Gasteiger partial charge in [-0.15, -0.1) is 0 Å². The van der Waals surface area contributed by atoms with Gasteiger partial charge in [0.2, 0.25) is 5.91 Å². The number of aromatic nitrogens is 2. The lowest BCUT2D eigenvalue weighted by molar-refractivity contribution is -0.139. The summed E-state index contributed by atoms with van der Waals surface area (Å²) in [5.41, 5.74) is 0.811. The Bertz CT molecular complexity index is 709. The van der Waals surface area contributed by atoms with E-state index in [-0.39, 0.29) is 18.5 Å². The molecule has 0 unspecified atom stereocenters. The van der Waals surface area contributed by atoms with Crippen LogP contribution in [0.3, 0.4) is 0 Å². The molecular formula is C16H22N4O4. The molecule has 3 amide bonds. The molecule has 1 aromatic heterocycles. The predicted octanol–water partition coefficient (Wildman–Crippen LogP) is 1.03. The van der Waals surface area contributed by atoms with Crippen LogP contribution in [0.5, 0.6) is 0 Å². The summed E-state index contributed by atoms with van der Waals surface area (Å²) in [6.45, 7) is 7.81. The fraction of sp³-hybridized carbons (Fsp3) is 0.625. The molecule has 8 nitrogen and oxygen atoms in total. The number of aryl methyl sites for hydroxylation is 2. The van der Waals surface area contributed by atoms with E-state index in [2.05, 4.69) is 5.10 Å². The first kappa shape index (κ1) is 16.5. The maximum atomic E-state index is 12.5. The summed E-state index contributed by atoms with van der Waals surface area (Å²) in [4.78, 5) is 38.9. The van der Waals surface area contributed by atoms with Crippen LogP contribution in [0.25, 0.3) is 0 Å². The van der Waals surface area contributed by atoms with Gasteiger partial charge in [0.15, 0.2) is 5.60 Å². The number of carbonyl (C=O) groups excluding carboxylic acids is 3. The minimum atomic E-state index is -1.20. The first-order chi connectivity index (χ1) is 11.2. The van der Waals surface area contributed by atoms with Crippen LogP contribution in [-0.2, 0) is 14.3 Å². The number of cyclic esters (lactones) is 1. The largest absolute Gasteiger partial charge is 0.433 e. The molecule has 24 heavy (non-hydrogen) atoms. The molecule has 0 aromatic carbocycles. The lowest BCUT2D eigenvalue weighted by atomic mass is 10.1. The molecule has 0 N–H and O–H groups in total. The Morgan fingerprint density at radius 2 is 2.08 bits per heavy atom. The van der Waals surface area contributed by atoms with Gasteiger partial charge in [-0.1, -0.05) is 0 Å². The van der Waals surface area contributed by atoms with Crippen molar-refractivity contribution in [1.29, 1.82) is 0 Å². The Morgan fingerprint density at radius 1 is 1.38 bits per heavy atom. The van der Waals surface area contributed by atoms with Crippen LogP contribution in [0.2, 0.25) is 0 Å². The van der Waals surface area contributed by atoms with Crippen LogP contribution in [0, 0.1) is 13.8 Å². The van der Waals surface area contributed by atoms with Crippen molar-refractivity contribution in [2.75, 3.05) is 19.6 Å². The van der Waals surface area contributed by atoms with E-state index in [0.717, 1.165) is 22.7 Å². The van der Waals surface area contributed by atoms with Gasteiger partial charge in [0.1, 0.15) is 6.54 Å². The quantitative estimate of drug-likeness (QED) is 0.824. The van der Waals surface area contributed by atoms with Crippen molar-refractivity contribution in [3.63, 3.8) is 0 Å². The molecule has 1 atom stereocenters. The van der Waals surface area contributed by atoms with Gasteiger partial charge in [0.25, 0.3) is 5.91 Å². The molecule has 0 saturated carbocycles. The zero-order valence-corrected chi connectivity index (χ0v) is 14.4. The molecule has 3 rings (SSSR count). The molecule has 1 aromatic rings. The molecule has 2 aliphatic rings. The zero-order valence-electron chi connectivity index (χ0n) is 14.4. The molecule has 8 heteroatoms. The van der Waals surface area contributed by atoms with E-state index >= 15 is 0 Å². The number of hydrogen-bond donors (Lipinski definition) is 0. The average molecular weight is 334 g/mol. The Balaban J connectivity index is 1.64. The fourth-order valence-electron chi connectivity index (χ4n) is 3.28. The van der Waals surface area contributed by atoms with Crippen molar-refractivity contribution >= 4 is 17.9 Å². The van der Waals surface area contributed by atoms with Gasteiger partial charge >= 0.3 is 6.09 Å². The van der Waals surface area contributed by atoms with Crippen molar-refractivity contribution in [3.05, 3.63) is 17.5 Å². The number of likely N-dealkylation sites (tertiary alicyclic amines) is 1. The van der Waals surface area contributed by atoms with Gasteiger partial charge in [-0.05, 0) is 40.2 Å². The fourth-order valence-corrected chi connectivity index (χ4v) is 3.28. The number of nitrogens with zero attached hydrogens (tertiary/aromatic N) is 4. The van der Waals surface area contributed by atoms with Crippen LogP contribution < -0.4 is 0 Å². The molecule has 0 bridgehead atoms. The minimum absolute atomic E-state index is 0.125. The second-order valence-corrected chi connectivity index (χ2v) is 6.92. The first-order valence-corrected chi connectivity index (χ1v) is 8.04. The van der Waals surface area contributed by atoms with Crippen LogP contribution in [-0.4, -0.2) is 62.7 Å². The molecule has 2 aliphatic heterocycles. The summed E-state index contributed by atoms with van der Waals surface area (Å²) in [5, 5.41) is 4.47. The second-order valence-electron chi connectivity index (χ2n) is 6.92. The van der Waals surface area contributed by atoms with E-state index in [0.29, 0.717) is 13.1 Å². The summed E-state index contributed by atoms with van der Waals surface area (Å²) in [5.74, 6) is -0.725. The van der Waals surface area contributed by atoms with Gasteiger partial charge in [0.05, 0.1) is 11.7 Å². The maximum Gasteiger partial charge on any atom is 0.418 e. The third-order valence-electron chi connectivity index (χ3n) is 4.52. The maximum absolute atomic E-state index is 12.5. The summed E-state index contributed by atoms with van der Waals surface area (Å²) in [6.07, 6.45) is 0.0463. The monoisotopic (exact) mass is 334 g/mol. The van der Waals surface area contributed by atoms with Crippen molar-refractivity contribution in [1.82, 2.24) is 19.6 Å². The average Bonchev–Trinajstić information content (AvgIpc) is 3.13. The van der Waals surface area contributed by atoms with Gasteiger partial charge in [-0.25, -0.2) is 9.69 Å². The number of amides is 3. The number of imide groups is 1. The number of rotatable bonds is 3. The third-order valence-corrected chi connectivity index (χ3v) is 4.52. The number of carbonyl (C=O) groups is 3. The number of ether oxygens (including phenoxy) is 1. The third kappa shape index (κ3) is 2.76. The summed E-state index contributed by atoms with van der Waals surface area (Å²) < 4.78 is 6.94. The standard InChI is InChI=1S/C16H22N4O4/c1-10-7-11(2)20(17-10)12-5-6-18(8-12)13(21)9-19-14(22)16(3,4)24-15(19)23/h7,12H,5-6,8-9H2,1-4H3/t12-/m0/s1. The molecular weight excluding hydrogens is 312 g/mol. The highest BCUT2D eigenvalue weighted by Crippen LogP contribution is 2.26. The molecule has 130 valence electrons. The van der Waals surface area contributed by atoms with Crippen molar-refractivity contribution in [2.45, 2.75) is 45.8 Å². The van der Waals surface area contributed by atoms with Crippen molar-refractivity contribution in [2.24, 2.45) is 0 Å². The lowest BCUT2D eigenvalue weighted by Crippen LogP contribution is -2.43. The van der Waals surface area contributed by atoms with Crippen LogP contribution in [0.4, 0.5) is 4.79 Å². The molecule has 0 radical (unpaired) electrons. The zero-order chi connectivity index (χ0) is 17.6. The van der Waals surface area contributed by atoms with Crippen LogP contribution >= 0.6 is 0 Å². The van der Waals surface area contributed by atoms with E-state index in [1.54, 1.807) is 4.90 Å². The Labute approximate surface area is 140 Å². The van der Waals surface area contributed by atoms with Crippen LogP contribution in [0.15, 0.2) is 6.07 Å². The number of hydrogen-bond acceptors (Lipinski definition) is 5. The smallest absolute Gasteiger partial charge is 0.418 e. The lowest BCUT2D eigenvalue weighted by Gasteiger charge is -2.20. The highest BCUT2D eigenvalue weighted by atomic mass is 16.6. The minimum Gasteiger partial charge on any atom is -0.433 e. The second kappa shape index (κ2) is 5.61. The highest BCUT2D eigenvalue weighted by molar-refractivity contribution is 6.04. The summed E-state index contributed by atoms with van der Waals surface area (Å²) >= 11 is 0. The Hall–Kier alpha value is -2.38. The van der Waals surface area contributed by atoms with Gasteiger partial charge < -0.3 is 9.64 Å². The molecule has 0 spiro atoms. The highest BCUT2D eigenvalue weighted by Gasteiger charge is 2.48. The molecule has 2 fully saturated rings. The normalized spacial score (nSPS) is 23.1. The van der Waals surface area contributed by atoms with E-state index in [4.69, 9.17) is 4.74 Å². The Kier molecular flexibility index (Phi) is 3.85. The van der Waals surface area contributed by atoms with Crippen molar-refractivity contribution in [3.8, 4) is 0 Å². The Morgan fingerprint density at radius 3 is 2.62 bits per heavy atom. The predicted molar refractivity (Wildman–Crippen MR) is 84.2 cm³/mol.